The molecule has 0 spiro atoms. The number of hydrogen-bond acceptors (Lipinski definition) is 4. The largest absolute Gasteiger partial charge is 0.391 e. The van der Waals surface area contributed by atoms with Crippen molar-refractivity contribution < 1.29 is 22.9 Å². The van der Waals surface area contributed by atoms with Gasteiger partial charge in [-0.3, -0.25) is 9.35 Å². The van der Waals surface area contributed by atoms with E-state index in [1.54, 1.807) is 0 Å². The van der Waals surface area contributed by atoms with Crippen LogP contribution < -0.4 is 5.32 Å². The smallest absolute Gasteiger partial charge is 0.266 e. The Hall–Kier alpha value is -0.920. The first kappa shape index (κ1) is 45.1. The van der Waals surface area contributed by atoms with Crippen molar-refractivity contribution in [2.75, 3.05) is 5.75 Å². The minimum absolute atomic E-state index is 0.249. The summed E-state index contributed by atoms with van der Waals surface area (Å²) in [7, 11) is -4.30. The maximum absolute atomic E-state index is 12.5. The highest BCUT2D eigenvalue weighted by atomic mass is 32.2. The molecule has 0 heterocycles. The van der Waals surface area contributed by atoms with E-state index >= 15 is 0 Å². The Kier molecular flexibility index (Phi) is 33.3. The summed E-state index contributed by atoms with van der Waals surface area (Å²) in [5.74, 6) is -0.895. The number of aliphatic hydroxyl groups is 1. The summed E-state index contributed by atoms with van der Waals surface area (Å²) in [6.45, 7) is 4.51. The molecule has 0 saturated carbocycles. The zero-order valence-electron chi connectivity index (χ0n) is 30.5. The SMILES string of the molecule is CCCCCCCC/C=C\CCCCCCCCCC(=O)NC(CS(=O)(=O)O)C(O)CCCCCCCCCCCCCCCC. The average molecular weight is 672 g/mol. The topological polar surface area (TPSA) is 104 Å². The summed E-state index contributed by atoms with van der Waals surface area (Å²) in [5.41, 5.74) is 0. The van der Waals surface area contributed by atoms with Gasteiger partial charge in [0.2, 0.25) is 5.91 Å². The van der Waals surface area contributed by atoms with Crippen molar-refractivity contribution in [2.24, 2.45) is 0 Å². The van der Waals surface area contributed by atoms with Gasteiger partial charge in [0, 0.05) is 6.42 Å². The van der Waals surface area contributed by atoms with Gasteiger partial charge in [-0.25, -0.2) is 0 Å². The molecule has 0 aromatic heterocycles. The fourth-order valence-electron chi connectivity index (χ4n) is 6.21. The minimum Gasteiger partial charge on any atom is -0.391 e. The Bertz CT molecular complexity index is 785. The summed E-state index contributed by atoms with van der Waals surface area (Å²) in [5, 5.41) is 13.3. The Morgan fingerprint density at radius 2 is 0.913 bits per heavy atom. The third kappa shape index (κ3) is 34.4. The minimum atomic E-state index is -4.30. The molecule has 0 aliphatic heterocycles. The number of allylic oxidation sites excluding steroid dienone is 2. The number of aliphatic hydroxyl groups excluding tert-OH is 1. The van der Waals surface area contributed by atoms with Crippen LogP contribution in [0.3, 0.4) is 0 Å². The van der Waals surface area contributed by atoms with Gasteiger partial charge in [-0.05, 0) is 38.5 Å². The maximum atomic E-state index is 12.5. The normalized spacial score (nSPS) is 13.4. The van der Waals surface area contributed by atoms with Crippen molar-refractivity contribution in [3.05, 3.63) is 12.2 Å². The van der Waals surface area contributed by atoms with Crippen molar-refractivity contribution >= 4 is 16.0 Å². The van der Waals surface area contributed by atoms with E-state index in [0.29, 0.717) is 12.8 Å². The highest BCUT2D eigenvalue weighted by Gasteiger charge is 2.26. The molecule has 0 aromatic rings. The van der Waals surface area contributed by atoms with Crippen LogP contribution in [0.4, 0.5) is 0 Å². The van der Waals surface area contributed by atoms with Gasteiger partial charge in [-0.2, -0.15) is 8.42 Å². The van der Waals surface area contributed by atoms with E-state index in [2.05, 4.69) is 31.3 Å². The molecule has 0 fully saturated rings. The third-order valence-electron chi connectivity index (χ3n) is 9.22. The van der Waals surface area contributed by atoms with Gasteiger partial charge < -0.3 is 10.4 Å². The second-order valence-corrected chi connectivity index (χ2v) is 15.4. The lowest BCUT2D eigenvalue weighted by Gasteiger charge is -2.23. The quantitative estimate of drug-likeness (QED) is 0.0349. The summed E-state index contributed by atoms with van der Waals surface area (Å²) >= 11 is 0. The van der Waals surface area contributed by atoms with Crippen LogP contribution in [0.5, 0.6) is 0 Å². The lowest BCUT2D eigenvalue weighted by atomic mass is 10.0. The number of rotatable bonds is 36. The number of amides is 1. The molecular weight excluding hydrogens is 594 g/mol. The van der Waals surface area contributed by atoms with E-state index in [1.165, 1.54) is 148 Å². The van der Waals surface area contributed by atoms with Crippen LogP contribution in [-0.4, -0.2) is 41.9 Å². The molecular formula is C39H77NO5S. The van der Waals surface area contributed by atoms with Crippen molar-refractivity contribution in [1.82, 2.24) is 5.32 Å². The number of carbonyl (C=O) groups is 1. The van der Waals surface area contributed by atoms with E-state index in [-0.39, 0.29) is 5.91 Å². The Morgan fingerprint density at radius 3 is 1.30 bits per heavy atom. The Labute approximate surface area is 286 Å². The van der Waals surface area contributed by atoms with E-state index in [1.807, 2.05) is 0 Å². The number of carbonyl (C=O) groups excluding carboxylic acids is 1. The number of nitrogens with one attached hydrogen (secondary N) is 1. The molecule has 7 heteroatoms. The molecule has 3 N–H and O–H groups in total. The van der Waals surface area contributed by atoms with Gasteiger partial charge in [0.25, 0.3) is 10.1 Å². The summed E-state index contributed by atoms with van der Waals surface area (Å²) < 4.78 is 32.5. The Balaban J connectivity index is 3.87. The molecule has 46 heavy (non-hydrogen) atoms. The van der Waals surface area contributed by atoms with Crippen molar-refractivity contribution in [2.45, 2.75) is 225 Å². The highest BCUT2D eigenvalue weighted by Crippen LogP contribution is 2.16. The van der Waals surface area contributed by atoms with Gasteiger partial charge in [0.1, 0.15) is 0 Å². The molecule has 0 aliphatic carbocycles. The monoisotopic (exact) mass is 672 g/mol. The highest BCUT2D eigenvalue weighted by molar-refractivity contribution is 7.85. The molecule has 0 aliphatic rings. The zero-order chi connectivity index (χ0) is 34.0. The predicted molar refractivity (Wildman–Crippen MR) is 198 cm³/mol. The third-order valence-corrected chi connectivity index (χ3v) is 10.0. The summed E-state index contributed by atoms with van der Waals surface area (Å²) in [6.07, 6.45) is 40.1. The van der Waals surface area contributed by atoms with Crippen LogP contribution in [-0.2, 0) is 14.9 Å². The second kappa shape index (κ2) is 34.0. The molecule has 0 saturated heterocycles. The number of hydrogen-bond donors (Lipinski definition) is 3. The van der Waals surface area contributed by atoms with Crippen molar-refractivity contribution in [3.8, 4) is 0 Å². The standard InChI is InChI=1S/C39H77NO5S/c1-3-5-7-9-11-13-15-17-19-20-21-23-25-27-29-31-33-35-39(42)40-37(36-46(43,44)45)38(41)34-32-30-28-26-24-22-18-16-14-12-10-8-6-4-2/h17,19,37-38,41H,3-16,18,20-36H2,1-2H3,(H,40,42)(H,43,44,45)/b19-17-. The lowest BCUT2D eigenvalue weighted by molar-refractivity contribution is -0.122. The molecule has 2 unspecified atom stereocenters. The van der Waals surface area contributed by atoms with E-state index < -0.39 is 28.0 Å². The zero-order valence-corrected chi connectivity index (χ0v) is 31.3. The lowest BCUT2D eigenvalue weighted by Crippen LogP contribution is -2.47. The second-order valence-electron chi connectivity index (χ2n) is 13.9. The molecule has 2 atom stereocenters. The van der Waals surface area contributed by atoms with Crippen LogP contribution in [0, 0.1) is 0 Å². The van der Waals surface area contributed by atoms with Crippen LogP contribution in [0.1, 0.15) is 213 Å². The van der Waals surface area contributed by atoms with Crippen LogP contribution in [0.2, 0.25) is 0 Å². The molecule has 0 radical (unpaired) electrons. The number of unbranched alkanes of at least 4 members (excludes halogenated alkanes) is 26. The Morgan fingerprint density at radius 1 is 0.565 bits per heavy atom. The molecule has 6 nitrogen and oxygen atoms in total. The van der Waals surface area contributed by atoms with E-state index in [4.69, 9.17) is 0 Å². The van der Waals surface area contributed by atoms with Gasteiger partial charge in [0.05, 0.1) is 17.9 Å². The van der Waals surface area contributed by atoms with Gasteiger partial charge in [-0.15, -0.1) is 0 Å². The summed E-state index contributed by atoms with van der Waals surface area (Å²) in [4.78, 5) is 12.5. The van der Waals surface area contributed by atoms with Crippen LogP contribution >= 0.6 is 0 Å². The first-order valence-electron chi connectivity index (χ1n) is 19.9. The van der Waals surface area contributed by atoms with E-state index in [0.717, 1.165) is 38.5 Å². The van der Waals surface area contributed by atoms with Crippen LogP contribution in [0.15, 0.2) is 12.2 Å². The average Bonchev–Trinajstić information content (AvgIpc) is 3.01. The van der Waals surface area contributed by atoms with Gasteiger partial charge in [-0.1, -0.05) is 180 Å². The fraction of sp³-hybridized carbons (Fsp3) is 0.923. The molecule has 274 valence electrons. The molecule has 0 rings (SSSR count). The van der Waals surface area contributed by atoms with Gasteiger partial charge >= 0.3 is 0 Å². The van der Waals surface area contributed by atoms with Crippen molar-refractivity contribution in [3.63, 3.8) is 0 Å². The van der Waals surface area contributed by atoms with E-state index in [9.17, 15) is 22.9 Å². The molecule has 0 aromatic carbocycles. The summed E-state index contributed by atoms with van der Waals surface area (Å²) in [6, 6.07) is -0.968. The predicted octanol–water partition coefficient (Wildman–Crippen LogP) is 11.4. The first-order valence-corrected chi connectivity index (χ1v) is 21.5. The van der Waals surface area contributed by atoms with Gasteiger partial charge in [0.15, 0.2) is 0 Å². The van der Waals surface area contributed by atoms with Crippen molar-refractivity contribution in [1.29, 1.82) is 0 Å². The molecule has 0 bridgehead atoms. The molecule has 1 amide bonds. The first-order chi connectivity index (χ1) is 22.3. The fourth-order valence-corrected chi connectivity index (χ4v) is 6.97. The van der Waals surface area contributed by atoms with Crippen LogP contribution in [0.25, 0.3) is 0 Å². The maximum Gasteiger partial charge on any atom is 0.266 e.